The van der Waals surface area contributed by atoms with Gasteiger partial charge >= 0.3 is 0 Å². The van der Waals surface area contributed by atoms with E-state index in [1.807, 2.05) is 0 Å². The van der Waals surface area contributed by atoms with Crippen LogP contribution in [-0.2, 0) is 10.0 Å². The number of nitrogens with zero attached hydrogens (tertiary/aromatic N) is 5. The first-order valence-electron chi connectivity index (χ1n) is 12.1. The van der Waals surface area contributed by atoms with Crippen molar-refractivity contribution in [3.63, 3.8) is 0 Å². The highest BCUT2D eigenvalue weighted by Gasteiger charge is 2.23. The maximum atomic E-state index is 12.6. The summed E-state index contributed by atoms with van der Waals surface area (Å²) in [4.78, 5) is 32.4. The van der Waals surface area contributed by atoms with Crippen LogP contribution in [0.2, 0.25) is 0 Å². The predicted molar refractivity (Wildman–Crippen MR) is 144 cm³/mol. The molecule has 0 atom stereocenters. The minimum Gasteiger partial charge on any atom is -0.351 e. The molecule has 2 heterocycles. The number of rotatable bonds is 10. The van der Waals surface area contributed by atoms with Gasteiger partial charge in [-0.2, -0.15) is 4.31 Å². The third-order valence-corrected chi connectivity index (χ3v) is 9.53. The molecule has 1 aromatic heterocycles. The van der Waals surface area contributed by atoms with E-state index in [0.717, 1.165) is 41.5 Å². The molecule has 37 heavy (non-hydrogen) atoms. The fourth-order valence-electron chi connectivity index (χ4n) is 4.23. The number of aromatic nitrogens is 1. The number of hydrogen-bond donors (Lipinski definition) is 1. The summed E-state index contributed by atoms with van der Waals surface area (Å²) in [7, 11) is -3.55. The number of sulfonamides is 1. The van der Waals surface area contributed by atoms with Gasteiger partial charge in [0.15, 0.2) is 5.13 Å². The van der Waals surface area contributed by atoms with Crippen molar-refractivity contribution in [3.8, 4) is 0 Å². The number of non-ortho nitro benzene ring substituents is 1. The molecule has 0 bridgehead atoms. The number of nitrogens with one attached hydrogen (secondary N) is 1. The molecule has 0 spiro atoms. The lowest BCUT2D eigenvalue weighted by molar-refractivity contribution is -0.384. The Balaban J connectivity index is 1.25. The van der Waals surface area contributed by atoms with Crippen LogP contribution in [0.1, 0.15) is 24.2 Å². The Morgan fingerprint density at radius 2 is 1.78 bits per heavy atom. The predicted octanol–water partition coefficient (Wildman–Crippen LogP) is 2.79. The monoisotopic (exact) mass is 546 g/mol. The van der Waals surface area contributed by atoms with Gasteiger partial charge in [-0.15, -0.1) is 0 Å². The maximum Gasteiger partial charge on any atom is 0.270 e. The van der Waals surface area contributed by atoms with Crippen LogP contribution in [-0.4, -0.2) is 85.8 Å². The quantitative estimate of drug-likeness (QED) is 0.304. The standard InChI is InChI=1S/C24H30N6O5S2/c1-3-29(4-2)37(34,35)20-8-5-18(6-9-20)23(31)25-11-12-27-13-15-28(16-14-27)24-26-21-10-7-19(30(32)33)17-22(21)36-24/h5-10,17H,3-4,11-16H2,1-2H3,(H,25,31). The lowest BCUT2D eigenvalue weighted by atomic mass is 10.2. The number of carbonyl (C=O) groups excluding carboxylic acids is 1. The summed E-state index contributed by atoms with van der Waals surface area (Å²) in [5, 5.41) is 14.8. The van der Waals surface area contributed by atoms with Crippen molar-refractivity contribution in [2.75, 3.05) is 57.3 Å². The first-order valence-corrected chi connectivity index (χ1v) is 14.4. The largest absolute Gasteiger partial charge is 0.351 e. The number of hydrogen-bond acceptors (Lipinski definition) is 9. The second-order valence-corrected chi connectivity index (χ2v) is 11.6. The topological polar surface area (TPSA) is 129 Å². The van der Waals surface area contributed by atoms with Crippen molar-refractivity contribution in [2.24, 2.45) is 0 Å². The molecule has 3 aromatic rings. The van der Waals surface area contributed by atoms with Gasteiger partial charge in [0.2, 0.25) is 10.0 Å². The molecule has 4 rings (SSSR count). The normalized spacial score (nSPS) is 14.8. The van der Waals surface area contributed by atoms with E-state index >= 15 is 0 Å². The lowest BCUT2D eigenvalue weighted by Crippen LogP contribution is -2.48. The van der Waals surface area contributed by atoms with E-state index in [-0.39, 0.29) is 16.5 Å². The molecule has 2 aromatic carbocycles. The van der Waals surface area contributed by atoms with Gasteiger partial charge in [0.25, 0.3) is 11.6 Å². The first-order chi connectivity index (χ1) is 17.7. The van der Waals surface area contributed by atoms with Gasteiger partial charge in [0.05, 0.1) is 20.0 Å². The Kier molecular flexibility index (Phi) is 8.37. The summed E-state index contributed by atoms with van der Waals surface area (Å²) in [5.74, 6) is -0.242. The smallest absolute Gasteiger partial charge is 0.270 e. The van der Waals surface area contributed by atoms with Crippen LogP contribution in [0.15, 0.2) is 47.4 Å². The first kappa shape index (κ1) is 26.9. The molecule has 0 unspecified atom stereocenters. The number of benzene rings is 2. The summed E-state index contributed by atoms with van der Waals surface area (Å²) >= 11 is 1.46. The Morgan fingerprint density at radius 3 is 2.41 bits per heavy atom. The highest BCUT2D eigenvalue weighted by atomic mass is 32.2. The molecule has 1 saturated heterocycles. The van der Waals surface area contributed by atoms with Crippen LogP contribution >= 0.6 is 11.3 Å². The molecule has 1 aliphatic rings. The average Bonchev–Trinajstić information content (AvgIpc) is 3.33. The SMILES string of the molecule is CCN(CC)S(=O)(=O)c1ccc(C(=O)NCCN2CCN(c3nc4ccc([N+](=O)[O-])cc4s3)CC2)cc1. The van der Waals surface area contributed by atoms with Gasteiger partial charge < -0.3 is 10.2 Å². The molecule has 198 valence electrons. The van der Waals surface area contributed by atoms with Crippen molar-refractivity contribution in [3.05, 3.63) is 58.1 Å². The van der Waals surface area contributed by atoms with E-state index in [2.05, 4.69) is 20.1 Å². The summed E-state index contributed by atoms with van der Waals surface area (Å²) in [5.41, 5.74) is 1.24. The Labute approximate surface area is 219 Å². The molecular weight excluding hydrogens is 516 g/mol. The molecule has 11 nitrogen and oxygen atoms in total. The van der Waals surface area contributed by atoms with Crippen LogP contribution in [0.4, 0.5) is 10.8 Å². The van der Waals surface area contributed by atoms with E-state index in [4.69, 9.17) is 0 Å². The average molecular weight is 547 g/mol. The molecule has 0 aliphatic carbocycles. The third-order valence-electron chi connectivity index (χ3n) is 6.39. The number of nitro benzene ring substituents is 1. The van der Waals surface area contributed by atoms with E-state index in [1.54, 1.807) is 26.0 Å². The number of nitro groups is 1. The Hall–Kier alpha value is -3.13. The summed E-state index contributed by atoms with van der Waals surface area (Å²) in [6, 6.07) is 10.7. The molecule has 1 N–H and O–H groups in total. The second kappa shape index (κ2) is 11.5. The van der Waals surface area contributed by atoms with Crippen molar-refractivity contribution in [1.82, 2.24) is 19.5 Å². The second-order valence-electron chi connectivity index (χ2n) is 8.60. The van der Waals surface area contributed by atoms with E-state index in [1.165, 1.54) is 46.0 Å². The van der Waals surface area contributed by atoms with Gasteiger partial charge in [0, 0.05) is 70.1 Å². The van der Waals surface area contributed by atoms with Crippen LogP contribution in [0, 0.1) is 10.1 Å². The van der Waals surface area contributed by atoms with Crippen LogP contribution < -0.4 is 10.2 Å². The fourth-order valence-corrected chi connectivity index (χ4v) is 6.74. The third kappa shape index (κ3) is 6.06. The fraction of sp³-hybridized carbons (Fsp3) is 0.417. The zero-order chi connectivity index (χ0) is 26.6. The zero-order valence-corrected chi connectivity index (χ0v) is 22.4. The van der Waals surface area contributed by atoms with Gasteiger partial charge in [-0.25, -0.2) is 13.4 Å². The molecule has 13 heteroatoms. The number of fused-ring (bicyclic) bond motifs is 1. The summed E-state index contributed by atoms with van der Waals surface area (Å²) < 4.78 is 27.4. The van der Waals surface area contributed by atoms with Gasteiger partial charge in [-0.1, -0.05) is 25.2 Å². The minimum atomic E-state index is -3.55. The van der Waals surface area contributed by atoms with Crippen LogP contribution in [0.25, 0.3) is 10.2 Å². The van der Waals surface area contributed by atoms with Crippen molar-refractivity contribution < 1.29 is 18.1 Å². The van der Waals surface area contributed by atoms with Crippen molar-refractivity contribution in [1.29, 1.82) is 0 Å². The van der Waals surface area contributed by atoms with E-state index in [9.17, 15) is 23.3 Å². The zero-order valence-electron chi connectivity index (χ0n) is 20.8. The Morgan fingerprint density at radius 1 is 1.11 bits per heavy atom. The molecule has 0 saturated carbocycles. The van der Waals surface area contributed by atoms with Crippen LogP contribution in [0.5, 0.6) is 0 Å². The van der Waals surface area contributed by atoms with E-state index in [0.29, 0.717) is 31.7 Å². The van der Waals surface area contributed by atoms with Crippen molar-refractivity contribution >= 4 is 48.3 Å². The number of piperazine rings is 1. The number of amides is 1. The van der Waals surface area contributed by atoms with Gasteiger partial charge in [-0.3, -0.25) is 19.8 Å². The maximum absolute atomic E-state index is 12.6. The summed E-state index contributed by atoms with van der Waals surface area (Å²) in [6.07, 6.45) is 0. The number of anilines is 1. The molecule has 1 amide bonds. The molecule has 1 fully saturated rings. The number of thiazole rings is 1. The van der Waals surface area contributed by atoms with Gasteiger partial charge in [-0.05, 0) is 30.3 Å². The van der Waals surface area contributed by atoms with E-state index < -0.39 is 14.9 Å². The van der Waals surface area contributed by atoms with Crippen LogP contribution in [0.3, 0.4) is 0 Å². The minimum absolute atomic E-state index is 0.0650. The van der Waals surface area contributed by atoms with Crippen molar-refractivity contribution in [2.45, 2.75) is 18.7 Å². The number of carbonyl (C=O) groups is 1. The highest BCUT2D eigenvalue weighted by molar-refractivity contribution is 7.89. The van der Waals surface area contributed by atoms with Gasteiger partial charge in [0.1, 0.15) is 0 Å². The Bertz CT molecular complexity index is 1360. The lowest BCUT2D eigenvalue weighted by Gasteiger charge is -2.34. The summed E-state index contributed by atoms with van der Waals surface area (Å²) in [6.45, 7) is 8.70. The molecular formula is C24H30N6O5S2. The molecule has 1 aliphatic heterocycles. The highest BCUT2D eigenvalue weighted by Crippen LogP contribution is 2.31. The molecule has 0 radical (unpaired) electrons.